The molecule has 0 bridgehead atoms. The van der Waals surface area contributed by atoms with E-state index in [-0.39, 0.29) is 5.82 Å². The lowest BCUT2D eigenvalue weighted by Crippen LogP contribution is -2.03. The molecule has 2 aromatic rings. The molecule has 2 rings (SSSR count). The van der Waals surface area contributed by atoms with Gasteiger partial charge in [-0.25, -0.2) is 4.39 Å². The normalized spacial score (nSPS) is 10.8. The molecular weight excluding hydrogens is 307 g/mol. The van der Waals surface area contributed by atoms with Crippen LogP contribution < -0.4 is 0 Å². The van der Waals surface area contributed by atoms with Crippen molar-refractivity contribution in [3.63, 3.8) is 0 Å². The zero-order chi connectivity index (χ0) is 12.4. The summed E-state index contributed by atoms with van der Waals surface area (Å²) in [6, 6.07) is 6.35. The van der Waals surface area contributed by atoms with Crippen LogP contribution in [0.5, 0.6) is 0 Å². The third-order valence-electron chi connectivity index (χ3n) is 2.47. The third-order valence-corrected chi connectivity index (χ3v) is 3.59. The summed E-state index contributed by atoms with van der Waals surface area (Å²) in [5.74, 6) is 0.242. The minimum Gasteiger partial charge on any atom is -0.262 e. The van der Waals surface area contributed by atoms with Gasteiger partial charge in [0.05, 0.1) is 22.4 Å². The predicted octanol–water partition coefficient (Wildman–Crippen LogP) is 4.00. The Hall–Kier alpha value is -0.870. The van der Waals surface area contributed by atoms with Crippen molar-refractivity contribution in [2.24, 2.45) is 0 Å². The minimum absolute atomic E-state index is 0.245. The second-order valence-electron chi connectivity index (χ2n) is 3.67. The maximum Gasteiger partial charge on any atom is 0.123 e. The van der Waals surface area contributed by atoms with Gasteiger partial charge in [-0.3, -0.25) is 4.68 Å². The Labute approximate surface area is 113 Å². The van der Waals surface area contributed by atoms with Gasteiger partial charge in [-0.1, -0.05) is 0 Å². The van der Waals surface area contributed by atoms with Crippen molar-refractivity contribution in [1.29, 1.82) is 0 Å². The lowest BCUT2D eigenvalue weighted by Gasteiger charge is -2.06. The number of hydrogen-bond donors (Lipinski definition) is 0. The molecule has 0 aliphatic heterocycles. The van der Waals surface area contributed by atoms with E-state index in [1.54, 1.807) is 12.1 Å². The van der Waals surface area contributed by atoms with Crippen LogP contribution >= 0.6 is 27.5 Å². The molecule has 0 radical (unpaired) electrons. The smallest absolute Gasteiger partial charge is 0.123 e. The molecule has 1 heterocycles. The van der Waals surface area contributed by atoms with E-state index < -0.39 is 0 Å². The standard InChI is InChI=1S/C12H11BrClFN2/c1-8-11(13)12(17(16-8)7-6-14)9-2-4-10(15)5-3-9/h2-5H,6-7H2,1H3. The summed E-state index contributed by atoms with van der Waals surface area (Å²) in [6.45, 7) is 2.54. The molecule has 1 aromatic carbocycles. The fourth-order valence-corrected chi connectivity index (χ4v) is 2.36. The van der Waals surface area contributed by atoms with E-state index in [0.29, 0.717) is 12.4 Å². The first-order valence-electron chi connectivity index (χ1n) is 5.18. The van der Waals surface area contributed by atoms with Crippen molar-refractivity contribution < 1.29 is 4.39 Å². The van der Waals surface area contributed by atoms with Crippen LogP contribution in [-0.4, -0.2) is 15.7 Å². The lowest BCUT2D eigenvalue weighted by molar-refractivity contribution is 0.627. The second kappa shape index (κ2) is 5.19. The van der Waals surface area contributed by atoms with Gasteiger partial charge in [-0.05, 0) is 47.1 Å². The largest absolute Gasteiger partial charge is 0.262 e. The number of aryl methyl sites for hydroxylation is 2. The number of halogens is 3. The van der Waals surface area contributed by atoms with Gasteiger partial charge in [0, 0.05) is 11.4 Å². The maximum absolute atomic E-state index is 12.9. The van der Waals surface area contributed by atoms with Crippen LogP contribution in [-0.2, 0) is 6.54 Å². The summed E-state index contributed by atoms with van der Waals surface area (Å²) in [4.78, 5) is 0. The van der Waals surface area contributed by atoms with Crippen LogP contribution in [0, 0.1) is 12.7 Å². The summed E-state index contributed by atoms with van der Waals surface area (Å²) < 4.78 is 15.7. The van der Waals surface area contributed by atoms with E-state index in [9.17, 15) is 4.39 Å². The third kappa shape index (κ3) is 2.53. The fourth-order valence-electron chi connectivity index (χ4n) is 1.68. The van der Waals surface area contributed by atoms with Crippen molar-refractivity contribution in [2.75, 3.05) is 5.88 Å². The molecule has 0 saturated heterocycles. The summed E-state index contributed by atoms with van der Waals surface area (Å²) >= 11 is 9.25. The average Bonchev–Trinajstić information content (AvgIpc) is 2.57. The molecule has 2 nitrogen and oxygen atoms in total. The molecule has 0 aliphatic carbocycles. The van der Waals surface area contributed by atoms with Gasteiger partial charge >= 0.3 is 0 Å². The van der Waals surface area contributed by atoms with Gasteiger partial charge in [0.1, 0.15) is 5.82 Å². The average molecular weight is 318 g/mol. The molecule has 90 valence electrons. The van der Waals surface area contributed by atoms with Gasteiger partial charge in [0.25, 0.3) is 0 Å². The monoisotopic (exact) mass is 316 g/mol. The SMILES string of the molecule is Cc1nn(CCCl)c(-c2ccc(F)cc2)c1Br. The molecule has 0 N–H and O–H groups in total. The Bertz CT molecular complexity index is 522. The number of hydrogen-bond acceptors (Lipinski definition) is 1. The fraction of sp³-hybridized carbons (Fsp3) is 0.250. The molecule has 0 spiro atoms. The quantitative estimate of drug-likeness (QED) is 0.782. The Morgan fingerprint density at radius 3 is 2.59 bits per heavy atom. The first-order valence-corrected chi connectivity index (χ1v) is 6.51. The van der Waals surface area contributed by atoms with E-state index in [0.717, 1.165) is 21.4 Å². The minimum atomic E-state index is -0.245. The van der Waals surface area contributed by atoms with E-state index in [1.807, 2.05) is 11.6 Å². The summed E-state index contributed by atoms with van der Waals surface area (Å²) in [6.07, 6.45) is 0. The Morgan fingerprint density at radius 1 is 1.35 bits per heavy atom. The topological polar surface area (TPSA) is 17.8 Å². The van der Waals surface area contributed by atoms with Gasteiger partial charge < -0.3 is 0 Å². The first kappa shape index (κ1) is 12.6. The van der Waals surface area contributed by atoms with Gasteiger partial charge in [0.15, 0.2) is 0 Å². The highest BCUT2D eigenvalue weighted by atomic mass is 79.9. The Balaban J connectivity index is 2.53. The highest BCUT2D eigenvalue weighted by Gasteiger charge is 2.14. The van der Waals surface area contributed by atoms with Crippen molar-refractivity contribution >= 4 is 27.5 Å². The van der Waals surface area contributed by atoms with E-state index in [1.165, 1.54) is 12.1 Å². The van der Waals surface area contributed by atoms with Gasteiger partial charge in [0.2, 0.25) is 0 Å². The molecule has 0 aliphatic rings. The molecule has 0 saturated carbocycles. The maximum atomic E-state index is 12.9. The van der Waals surface area contributed by atoms with Crippen molar-refractivity contribution in [1.82, 2.24) is 9.78 Å². The van der Waals surface area contributed by atoms with Crippen molar-refractivity contribution in [2.45, 2.75) is 13.5 Å². The van der Waals surface area contributed by atoms with E-state index in [4.69, 9.17) is 11.6 Å². The Kier molecular flexibility index (Phi) is 3.84. The van der Waals surface area contributed by atoms with Gasteiger partial charge in [-0.2, -0.15) is 5.10 Å². The molecule has 0 amide bonds. The number of nitrogens with zero attached hydrogens (tertiary/aromatic N) is 2. The predicted molar refractivity (Wildman–Crippen MR) is 70.8 cm³/mol. The van der Waals surface area contributed by atoms with Crippen LogP contribution in [0.1, 0.15) is 5.69 Å². The molecule has 17 heavy (non-hydrogen) atoms. The van der Waals surface area contributed by atoms with Crippen LogP contribution in [0.3, 0.4) is 0 Å². The van der Waals surface area contributed by atoms with Crippen LogP contribution in [0.25, 0.3) is 11.3 Å². The molecule has 1 aromatic heterocycles. The number of aromatic nitrogens is 2. The molecule has 0 atom stereocenters. The highest BCUT2D eigenvalue weighted by Crippen LogP contribution is 2.31. The molecule has 5 heteroatoms. The van der Waals surface area contributed by atoms with Crippen molar-refractivity contribution in [3.8, 4) is 11.3 Å². The van der Waals surface area contributed by atoms with Crippen molar-refractivity contribution in [3.05, 3.63) is 40.2 Å². The van der Waals surface area contributed by atoms with Crippen LogP contribution in [0.15, 0.2) is 28.7 Å². The zero-order valence-corrected chi connectivity index (χ0v) is 11.6. The Morgan fingerprint density at radius 2 is 2.00 bits per heavy atom. The number of benzene rings is 1. The highest BCUT2D eigenvalue weighted by molar-refractivity contribution is 9.10. The molecule has 0 fully saturated rings. The van der Waals surface area contributed by atoms with Gasteiger partial charge in [-0.15, -0.1) is 11.6 Å². The first-order chi connectivity index (χ1) is 8.13. The zero-order valence-electron chi connectivity index (χ0n) is 9.25. The van der Waals surface area contributed by atoms with E-state index >= 15 is 0 Å². The summed E-state index contributed by atoms with van der Waals surface area (Å²) in [7, 11) is 0. The van der Waals surface area contributed by atoms with Crippen LogP contribution in [0.4, 0.5) is 4.39 Å². The summed E-state index contributed by atoms with van der Waals surface area (Å²) in [5, 5.41) is 4.39. The van der Waals surface area contributed by atoms with Crippen LogP contribution in [0.2, 0.25) is 0 Å². The molecular formula is C12H11BrClFN2. The molecule has 0 unspecified atom stereocenters. The lowest BCUT2D eigenvalue weighted by atomic mass is 10.1. The summed E-state index contributed by atoms with van der Waals surface area (Å²) in [5.41, 5.74) is 2.75. The number of alkyl halides is 1. The second-order valence-corrected chi connectivity index (χ2v) is 4.84. The van der Waals surface area contributed by atoms with E-state index in [2.05, 4.69) is 21.0 Å². The number of rotatable bonds is 3.